The number of amidine groups is 1. The van der Waals surface area contributed by atoms with E-state index in [0.717, 1.165) is 0 Å². The van der Waals surface area contributed by atoms with Crippen molar-refractivity contribution in [2.75, 3.05) is 0 Å². The van der Waals surface area contributed by atoms with Gasteiger partial charge in [0.15, 0.2) is 0 Å². The summed E-state index contributed by atoms with van der Waals surface area (Å²) in [6.07, 6.45) is 1.09. The van der Waals surface area contributed by atoms with Crippen LogP contribution >= 0.6 is 0 Å². The molecule has 0 amide bonds. The van der Waals surface area contributed by atoms with Crippen LogP contribution in [0, 0.1) is 5.41 Å². The summed E-state index contributed by atoms with van der Waals surface area (Å²) < 4.78 is 0. The molecule has 10 heavy (non-hydrogen) atoms. The molecule has 0 aromatic heterocycles. The topological polar surface area (TPSA) is 86.6 Å². The van der Waals surface area contributed by atoms with Crippen LogP contribution in [0.3, 0.4) is 0 Å². The Morgan fingerprint density at radius 1 is 1.90 bits per heavy atom. The number of hydrogen-bond acceptors (Lipinski definition) is 4. The van der Waals surface area contributed by atoms with Crippen LogP contribution < -0.4 is 11.1 Å². The van der Waals surface area contributed by atoms with Gasteiger partial charge in [-0.05, 0) is 0 Å². The summed E-state index contributed by atoms with van der Waals surface area (Å²) >= 11 is 0. The van der Waals surface area contributed by atoms with Crippen molar-refractivity contribution in [3.63, 3.8) is 0 Å². The van der Waals surface area contributed by atoms with Crippen molar-refractivity contribution in [1.29, 1.82) is 5.41 Å². The molecule has 53 valence electrons. The third-order valence-corrected chi connectivity index (χ3v) is 1.26. The molecule has 5 nitrogen and oxygen atoms in total. The second kappa shape index (κ2) is 2.47. The number of aliphatic imine (C=N–C) groups is 2. The van der Waals surface area contributed by atoms with Crippen LogP contribution in [0.25, 0.3) is 0 Å². The molecule has 0 fully saturated rings. The molecule has 0 aliphatic carbocycles. The normalized spacial score (nSPS) is 29.6. The van der Waals surface area contributed by atoms with Crippen LogP contribution in [0.5, 0.6) is 0 Å². The monoisotopic (exact) mass is 138 g/mol. The number of hydrogen-bond donors (Lipinski definition) is 3. The first kappa shape index (κ1) is 6.73. The highest BCUT2D eigenvalue weighted by Gasteiger charge is 2.24. The van der Waals surface area contributed by atoms with Gasteiger partial charge in [0.1, 0.15) is 18.0 Å². The van der Waals surface area contributed by atoms with Crippen molar-refractivity contribution in [2.24, 2.45) is 15.7 Å². The third-order valence-electron chi connectivity index (χ3n) is 1.26. The molecule has 2 unspecified atom stereocenters. The fourth-order valence-corrected chi connectivity index (χ4v) is 0.747. The zero-order valence-corrected chi connectivity index (χ0v) is 5.28. The van der Waals surface area contributed by atoms with E-state index >= 15 is 0 Å². The minimum Gasteiger partial charge on any atom is -0.386 e. The number of nitrogens with one attached hydrogen (secondary N) is 2. The Morgan fingerprint density at radius 3 is 3.00 bits per heavy atom. The van der Waals surface area contributed by atoms with Crippen molar-refractivity contribution < 1.29 is 0 Å². The van der Waals surface area contributed by atoms with E-state index in [2.05, 4.69) is 15.3 Å². The van der Waals surface area contributed by atoms with E-state index < -0.39 is 6.04 Å². The van der Waals surface area contributed by atoms with Gasteiger partial charge in [0.2, 0.25) is 0 Å². The van der Waals surface area contributed by atoms with E-state index in [9.17, 15) is 0 Å². The van der Waals surface area contributed by atoms with E-state index in [1.165, 1.54) is 6.34 Å². The molecule has 1 radical (unpaired) electrons. The highest BCUT2D eigenvalue weighted by molar-refractivity contribution is 5.86. The molecule has 5 heteroatoms. The van der Waals surface area contributed by atoms with Gasteiger partial charge in [-0.1, -0.05) is 0 Å². The SMILES string of the molecule is [CH]=NC1NC=NC1C(=N)N. The Labute approximate surface area is 58.6 Å². The lowest BCUT2D eigenvalue weighted by molar-refractivity contribution is 0.639. The molecule has 1 aliphatic rings. The fourth-order valence-electron chi connectivity index (χ4n) is 0.747. The van der Waals surface area contributed by atoms with Crippen LogP contribution in [0.15, 0.2) is 9.98 Å². The predicted molar refractivity (Wildman–Crippen MR) is 39.6 cm³/mol. The van der Waals surface area contributed by atoms with E-state index in [-0.39, 0.29) is 12.0 Å². The molecule has 4 N–H and O–H groups in total. The lowest BCUT2D eigenvalue weighted by atomic mass is 10.2. The zero-order valence-electron chi connectivity index (χ0n) is 5.28. The Kier molecular flexibility index (Phi) is 1.66. The molecule has 0 saturated carbocycles. The molecule has 2 atom stereocenters. The van der Waals surface area contributed by atoms with Gasteiger partial charge in [-0.3, -0.25) is 15.4 Å². The van der Waals surface area contributed by atoms with Gasteiger partial charge in [0.25, 0.3) is 0 Å². The van der Waals surface area contributed by atoms with Crippen LogP contribution in [0.2, 0.25) is 0 Å². The largest absolute Gasteiger partial charge is 0.386 e. The summed E-state index contributed by atoms with van der Waals surface area (Å²) in [5, 5.41) is 9.77. The van der Waals surface area contributed by atoms with Gasteiger partial charge in [0, 0.05) is 6.72 Å². The molecule has 0 bridgehead atoms. The number of nitrogens with two attached hydrogens (primary N) is 1. The Morgan fingerprint density at radius 2 is 2.60 bits per heavy atom. The minimum atomic E-state index is -0.426. The van der Waals surface area contributed by atoms with E-state index in [1.54, 1.807) is 0 Å². The summed E-state index contributed by atoms with van der Waals surface area (Å²) in [6, 6.07) is -0.426. The second-order valence-electron chi connectivity index (χ2n) is 1.94. The Bertz CT molecular complexity index is 184. The predicted octanol–water partition coefficient (Wildman–Crippen LogP) is -1.17. The van der Waals surface area contributed by atoms with Gasteiger partial charge >= 0.3 is 0 Å². The first-order valence-corrected chi connectivity index (χ1v) is 2.77. The zero-order chi connectivity index (χ0) is 7.56. The van der Waals surface area contributed by atoms with Crippen molar-refractivity contribution in [2.45, 2.75) is 12.2 Å². The molecule has 1 rings (SSSR count). The molecule has 1 heterocycles. The average Bonchev–Trinajstić information content (AvgIpc) is 2.33. The molecular formula is C5H8N5. The van der Waals surface area contributed by atoms with Crippen LogP contribution in [-0.4, -0.2) is 31.1 Å². The fraction of sp³-hybridized carbons (Fsp3) is 0.400. The standard InChI is InChI=1S/C5H8N5/c1-8-5-3(4(6)7)9-2-10-5/h1-3,5H,(H3,6,7)(H,9,10). The number of rotatable bonds is 2. The summed E-state index contributed by atoms with van der Waals surface area (Å²) in [5.74, 6) is -0.0274. The van der Waals surface area contributed by atoms with E-state index in [0.29, 0.717) is 0 Å². The quantitative estimate of drug-likeness (QED) is 0.331. The first-order chi connectivity index (χ1) is 4.75. The molecular weight excluding hydrogens is 130 g/mol. The van der Waals surface area contributed by atoms with Gasteiger partial charge in [-0.15, -0.1) is 0 Å². The van der Waals surface area contributed by atoms with E-state index in [1.807, 2.05) is 0 Å². The summed E-state index contributed by atoms with van der Waals surface area (Å²) in [4.78, 5) is 7.26. The molecule has 0 aromatic rings. The third kappa shape index (κ3) is 0.975. The maximum absolute atomic E-state index is 7.03. The summed E-state index contributed by atoms with van der Waals surface area (Å²) in [6.45, 7) is 4.99. The number of nitrogens with zero attached hydrogens (tertiary/aromatic N) is 2. The molecule has 1 aliphatic heterocycles. The maximum Gasteiger partial charge on any atom is 0.149 e. The lowest BCUT2D eigenvalue weighted by Gasteiger charge is -2.10. The minimum absolute atomic E-state index is 0.0274. The van der Waals surface area contributed by atoms with Gasteiger partial charge in [-0.25, -0.2) is 0 Å². The molecule has 0 spiro atoms. The second-order valence-corrected chi connectivity index (χ2v) is 1.94. The van der Waals surface area contributed by atoms with Crippen molar-refractivity contribution >= 4 is 18.9 Å². The van der Waals surface area contributed by atoms with Gasteiger partial charge in [-0.2, -0.15) is 0 Å². The van der Waals surface area contributed by atoms with Crippen LogP contribution in [0.1, 0.15) is 0 Å². The van der Waals surface area contributed by atoms with Crippen molar-refractivity contribution in [3.05, 3.63) is 0 Å². The highest BCUT2D eigenvalue weighted by atomic mass is 15.2. The van der Waals surface area contributed by atoms with Crippen LogP contribution in [0.4, 0.5) is 0 Å². The van der Waals surface area contributed by atoms with Crippen molar-refractivity contribution in [3.8, 4) is 0 Å². The molecule has 0 aromatic carbocycles. The Balaban J connectivity index is 2.65. The average molecular weight is 138 g/mol. The highest BCUT2D eigenvalue weighted by Crippen LogP contribution is 2.03. The Hall–Kier alpha value is -1.39. The first-order valence-electron chi connectivity index (χ1n) is 2.77. The van der Waals surface area contributed by atoms with Crippen LogP contribution in [-0.2, 0) is 0 Å². The molecule has 0 saturated heterocycles. The van der Waals surface area contributed by atoms with Gasteiger partial charge < -0.3 is 11.1 Å². The van der Waals surface area contributed by atoms with Crippen molar-refractivity contribution in [1.82, 2.24) is 5.32 Å². The van der Waals surface area contributed by atoms with E-state index in [4.69, 9.17) is 17.9 Å². The smallest absolute Gasteiger partial charge is 0.149 e. The summed E-state index contributed by atoms with van der Waals surface area (Å²) in [5.41, 5.74) is 5.18. The maximum atomic E-state index is 7.03. The summed E-state index contributed by atoms with van der Waals surface area (Å²) in [7, 11) is 0. The lowest BCUT2D eigenvalue weighted by Crippen LogP contribution is -2.38. The van der Waals surface area contributed by atoms with Gasteiger partial charge in [0.05, 0.1) is 6.34 Å².